The van der Waals surface area contributed by atoms with Gasteiger partial charge >= 0.3 is 5.97 Å². The number of esters is 1. The number of carbonyl (C=O) groups excluding carboxylic acids is 1. The highest BCUT2D eigenvalue weighted by atomic mass is 35.5. The maximum Gasteiger partial charge on any atom is 0.330 e. The molecule has 106 valence electrons. The number of benzene rings is 1. The second-order valence-corrected chi connectivity index (χ2v) is 4.85. The van der Waals surface area contributed by atoms with Gasteiger partial charge in [-0.15, -0.1) is 0 Å². The second kappa shape index (κ2) is 7.51. The summed E-state index contributed by atoms with van der Waals surface area (Å²) in [5.74, 6) is -0.242. The van der Waals surface area contributed by atoms with E-state index in [0.29, 0.717) is 18.1 Å². The summed E-state index contributed by atoms with van der Waals surface area (Å²) < 4.78 is 5.25. The van der Waals surface area contributed by atoms with Crippen LogP contribution < -0.4 is 5.32 Å². The number of hydrogen-bond acceptors (Lipinski definition) is 3. The first-order valence-electron chi connectivity index (χ1n) is 6.79. The molecule has 3 nitrogen and oxygen atoms in total. The smallest absolute Gasteiger partial charge is 0.330 e. The fourth-order valence-corrected chi connectivity index (χ4v) is 2.30. The van der Waals surface area contributed by atoms with Crippen molar-refractivity contribution in [2.45, 2.75) is 39.2 Å². The van der Waals surface area contributed by atoms with Crippen molar-refractivity contribution in [3.63, 3.8) is 0 Å². The molecule has 0 saturated carbocycles. The van der Waals surface area contributed by atoms with E-state index in [1.807, 2.05) is 32.0 Å². The summed E-state index contributed by atoms with van der Waals surface area (Å²) in [5.41, 5.74) is 0.0473. The van der Waals surface area contributed by atoms with Gasteiger partial charge in [0.15, 0.2) is 0 Å². The molecule has 1 aromatic carbocycles. The highest BCUT2D eigenvalue weighted by molar-refractivity contribution is 6.30. The average Bonchev–Trinajstić information content (AvgIpc) is 2.40. The zero-order valence-corrected chi connectivity index (χ0v) is 12.6. The molecule has 1 aromatic rings. The van der Waals surface area contributed by atoms with E-state index in [0.717, 1.165) is 18.5 Å². The Balaban J connectivity index is 3.18. The van der Waals surface area contributed by atoms with Gasteiger partial charge in [-0.3, -0.25) is 5.32 Å². The Labute approximate surface area is 120 Å². The normalized spacial score (nSPS) is 13.9. The fourth-order valence-electron chi connectivity index (χ4n) is 2.11. The van der Waals surface area contributed by atoms with Gasteiger partial charge in [-0.25, -0.2) is 4.79 Å². The molecular formula is C15H22ClNO2. The quantitative estimate of drug-likeness (QED) is 0.778. The molecule has 0 spiro atoms. The monoisotopic (exact) mass is 283 g/mol. The summed E-state index contributed by atoms with van der Waals surface area (Å²) in [6, 6.07) is 7.39. The van der Waals surface area contributed by atoms with Crippen LogP contribution in [0.3, 0.4) is 0 Å². The predicted octanol–water partition coefficient (Wildman–Crippen LogP) is 3.51. The van der Waals surface area contributed by atoms with E-state index in [-0.39, 0.29) is 5.97 Å². The minimum Gasteiger partial charge on any atom is -0.464 e. The number of carbonyl (C=O) groups is 1. The van der Waals surface area contributed by atoms with Crippen LogP contribution in [0.5, 0.6) is 0 Å². The molecule has 0 aliphatic heterocycles. The number of hydrogen-bond donors (Lipinski definition) is 1. The SMILES string of the molecule is CCCNC(CC)(C(=O)OCC)c1cccc(Cl)c1. The Morgan fingerprint density at radius 3 is 2.63 bits per heavy atom. The van der Waals surface area contributed by atoms with Crippen LogP contribution in [-0.4, -0.2) is 19.1 Å². The maximum absolute atomic E-state index is 12.4. The predicted molar refractivity (Wildman–Crippen MR) is 78.3 cm³/mol. The molecule has 19 heavy (non-hydrogen) atoms. The van der Waals surface area contributed by atoms with Crippen LogP contribution in [0, 0.1) is 0 Å². The van der Waals surface area contributed by atoms with Crippen LogP contribution in [0.1, 0.15) is 39.2 Å². The minimum atomic E-state index is -0.809. The Kier molecular flexibility index (Phi) is 6.32. The first kappa shape index (κ1) is 16.0. The third kappa shape index (κ3) is 3.71. The molecule has 1 unspecified atom stereocenters. The molecule has 0 fully saturated rings. The Morgan fingerprint density at radius 1 is 1.37 bits per heavy atom. The zero-order valence-electron chi connectivity index (χ0n) is 11.8. The Hall–Kier alpha value is -1.06. The van der Waals surface area contributed by atoms with Gasteiger partial charge in [0.25, 0.3) is 0 Å². The van der Waals surface area contributed by atoms with Crippen LogP contribution in [-0.2, 0) is 15.1 Å². The molecule has 1 atom stereocenters. The van der Waals surface area contributed by atoms with Crippen LogP contribution in [0.4, 0.5) is 0 Å². The van der Waals surface area contributed by atoms with Crippen LogP contribution >= 0.6 is 11.6 Å². The Morgan fingerprint density at radius 2 is 2.11 bits per heavy atom. The van der Waals surface area contributed by atoms with Gasteiger partial charge in [0.1, 0.15) is 5.54 Å². The topological polar surface area (TPSA) is 38.3 Å². The minimum absolute atomic E-state index is 0.242. The first-order valence-corrected chi connectivity index (χ1v) is 7.16. The van der Waals surface area contributed by atoms with Gasteiger partial charge in [0, 0.05) is 5.02 Å². The molecule has 0 aliphatic carbocycles. The van der Waals surface area contributed by atoms with E-state index >= 15 is 0 Å². The van der Waals surface area contributed by atoms with E-state index in [1.165, 1.54) is 0 Å². The van der Waals surface area contributed by atoms with Gasteiger partial charge in [-0.2, -0.15) is 0 Å². The highest BCUT2D eigenvalue weighted by Crippen LogP contribution is 2.29. The third-order valence-corrected chi connectivity index (χ3v) is 3.38. The second-order valence-electron chi connectivity index (χ2n) is 4.42. The standard InChI is InChI=1S/C15H22ClNO2/c1-4-10-17-15(5-2,14(18)19-6-3)12-8-7-9-13(16)11-12/h7-9,11,17H,4-6,10H2,1-3H3. The highest BCUT2D eigenvalue weighted by Gasteiger charge is 2.39. The molecular weight excluding hydrogens is 262 g/mol. The van der Waals surface area contributed by atoms with Gasteiger partial charge in [-0.1, -0.05) is 37.6 Å². The van der Waals surface area contributed by atoms with Crippen LogP contribution in [0.15, 0.2) is 24.3 Å². The number of halogens is 1. The summed E-state index contributed by atoms with van der Waals surface area (Å²) >= 11 is 6.04. The molecule has 0 amide bonds. The van der Waals surface area contributed by atoms with Crippen molar-refractivity contribution >= 4 is 17.6 Å². The summed E-state index contributed by atoms with van der Waals surface area (Å²) in [6.45, 7) is 6.97. The molecule has 4 heteroatoms. The lowest BCUT2D eigenvalue weighted by atomic mass is 9.87. The van der Waals surface area contributed by atoms with E-state index in [9.17, 15) is 4.79 Å². The lowest BCUT2D eigenvalue weighted by Gasteiger charge is -2.32. The zero-order chi connectivity index (χ0) is 14.3. The van der Waals surface area contributed by atoms with Crippen molar-refractivity contribution < 1.29 is 9.53 Å². The van der Waals surface area contributed by atoms with Gasteiger partial charge in [0.2, 0.25) is 0 Å². The third-order valence-electron chi connectivity index (χ3n) is 3.15. The Bertz CT molecular complexity index is 422. The number of ether oxygens (including phenoxy) is 1. The maximum atomic E-state index is 12.4. The molecule has 0 radical (unpaired) electrons. The van der Waals surface area contributed by atoms with Crippen molar-refractivity contribution in [2.75, 3.05) is 13.2 Å². The molecule has 0 heterocycles. The summed E-state index contributed by atoms with van der Waals surface area (Å²) in [6.07, 6.45) is 1.56. The van der Waals surface area contributed by atoms with Crippen molar-refractivity contribution in [3.8, 4) is 0 Å². The van der Waals surface area contributed by atoms with E-state index in [1.54, 1.807) is 6.07 Å². The number of nitrogens with one attached hydrogen (secondary N) is 1. The lowest BCUT2D eigenvalue weighted by Crippen LogP contribution is -2.50. The number of rotatable bonds is 7. The van der Waals surface area contributed by atoms with Crippen LogP contribution in [0.25, 0.3) is 0 Å². The van der Waals surface area contributed by atoms with Gasteiger partial charge in [0.05, 0.1) is 6.61 Å². The van der Waals surface area contributed by atoms with E-state index in [4.69, 9.17) is 16.3 Å². The van der Waals surface area contributed by atoms with Crippen molar-refractivity contribution in [2.24, 2.45) is 0 Å². The van der Waals surface area contributed by atoms with Gasteiger partial charge in [-0.05, 0) is 44.0 Å². The van der Waals surface area contributed by atoms with Gasteiger partial charge < -0.3 is 4.74 Å². The molecule has 1 N–H and O–H groups in total. The summed E-state index contributed by atoms with van der Waals surface area (Å²) in [5, 5.41) is 3.95. The van der Waals surface area contributed by atoms with Crippen LogP contribution in [0.2, 0.25) is 5.02 Å². The lowest BCUT2D eigenvalue weighted by molar-refractivity contribution is -0.152. The molecule has 0 saturated heterocycles. The van der Waals surface area contributed by atoms with E-state index < -0.39 is 5.54 Å². The molecule has 1 rings (SSSR count). The largest absolute Gasteiger partial charge is 0.464 e. The molecule has 0 bridgehead atoms. The van der Waals surface area contributed by atoms with Crippen molar-refractivity contribution in [1.29, 1.82) is 0 Å². The fraction of sp³-hybridized carbons (Fsp3) is 0.533. The van der Waals surface area contributed by atoms with Crippen molar-refractivity contribution in [1.82, 2.24) is 5.32 Å². The molecule has 0 aromatic heterocycles. The first-order chi connectivity index (χ1) is 9.10. The molecule has 0 aliphatic rings. The average molecular weight is 284 g/mol. The van der Waals surface area contributed by atoms with E-state index in [2.05, 4.69) is 12.2 Å². The van der Waals surface area contributed by atoms with Crippen molar-refractivity contribution in [3.05, 3.63) is 34.9 Å². The summed E-state index contributed by atoms with van der Waals surface area (Å²) in [4.78, 5) is 12.4. The summed E-state index contributed by atoms with van der Waals surface area (Å²) in [7, 11) is 0.